The second-order valence-corrected chi connectivity index (χ2v) is 6.87. The van der Waals surface area contributed by atoms with Crippen LogP contribution in [-0.4, -0.2) is 16.0 Å². The van der Waals surface area contributed by atoms with Gasteiger partial charge in [0.15, 0.2) is 0 Å². The number of nitrogens with zero attached hydrogens (tertiary/aromatic N) is 2. The molecule has 0 fully saturated rings. The van der Waals surface area contributed by atoms with Gasteiger partial charge in [0, 0.05) is 40.3 Å². The maximum Gasteiger partial charge on any atom is 0.319 e. The molecule has 4 rings (SSSR count). The number of nitrogens with one attached hydrogen (secondary N) is 2. The molecule has 7 heteroatoms. The number of hydrogen-bond donors (Lipinski definition) is 3. The van der Waals surface area contributed by atoms with Crippen molar-refractivity contribution in [3.63, 3.8) is 0 Å². The van der Waals surface area contributed by atoms with Gasteiger partial charge in [0.05, 0.1) is 11.7 Å². The highest BCUT2D eigenvalue weighted by molar-refractivity contribution is 7.11. The van der Waals surface area contributed by atoms with Crippen LogP contribution in [0.2, 0.25) is 0 Å². The van der Waals surface area contributed by atoms with Crippen molar-refractivity contribution in [2.24, 2.45) is 0 Å². The standard InChI is InChI=1S/C19H17N5OS/c1-11-16(17(24-19(25)22-11)13-3-2-8-21-9-13)18-23-15(10-26-18)12-4-6-14(20)7-5-12/h2-10,17H,20H2,1H3,(H2,22,24,25). The first-order valence-electron chi connectivity index (χ1n) is 8.12. The van der Waals surface area contributed by atoms with Gasteiger partial charge in [-0.15, -0.1) is 11.3 Å². The van der Waals surface area contributed by atoms with Crippen molar-refractivity contribution in [2.75, 3.05) is 5.73 Å². The summed E-state index contributed by atoms with van der Waals surface area (Å²) in [6, 6.07) is 10.9. The summed E-state index contributed by atoms with van der Waals surface area (Å²) in [6.07, 6.45) is 3.48. The predicted octanol–water partition coefficient (Wildman–Crippen LogP) is 3.57. The predicted molar refractivity (Wildman–Crippen MR) is 103 cm³/mol. The Morgan fingerprint density at radius 3 is 2.73 bits per heavy atom. The lowest BCUT2D eigenvalue weighted by molar-refractivity contribution is 0.240. The summed E-state index contributed by atoms with van der Waals surface area (Å²) >= 11 is 1.55. The number of nitrogens with two attached hydrogens (primary N) is 1. The van der Waals surface area contributed by atoms with Crippen molar-refractivity contribution in [1.29, 1.82) is 0 Å². The zero-order valence-corrected chi connectivity index (χ0v) is 14.9. The van der Waals surface area contributed by atoms with E-state index in [9.17, 15) is 4.79 Å². The number of benzene rings is 1. The summed E-state index contributed by atoms with van der Waals surface area (Å²) in [5.41, 5.74) is 11.0. The lowest BCUT2D eigenvalue weighted by Crippen LogP contribution is -2.42. The van der Waals surface area contributed by atoms with Crippen LogP contribution in [0.15, 0.2) is 59.9 Å². The number of carbonyl (C=O) groups is 1. The maximum absolute atomic E-state index is 12.0. The van der Waals surface area contributed by atoms with E-state index in [1.165, 1.54) is 0 Å². The number of aromatic nitrogens is 2. The number of thiazole rings is 1. The van der Waals surface area contributed by atoms with E-state index in [0.717, 1.165) is 38.8 Å². The first kappa shape index (κ1) is 16.3. The molecule has 0 bridgehead atoms. The van der Waals surface area contributed by atoms with E-state index in [2.05, 4.69) is 15.6 Å². The minimum atomic E-state index is -0.289. The highest BCUT2D eigenvalue weighted by Crippen LogP contribution is 2.37. The summed E-state index contributed by atoms with van der Waals surface area (Å²) < 4.78 is 0. The van der Waals surface area contributed by atoms with E-state index in [-0.39, 0.29) is 12.1 Å². The Kier molecular flexibility index (Phi) is 4.14. The highest BCUT2D eigenvalue weighted by Gasteiger charge is 2.29. The lowest BCUT2D eigenvalue weighted by Gasteiger charge is -2.28. The normalized spacial score (nSPS) is 17.0. The van der Waals surface area contributed by atoms with Crippen LogP contribution in [0.4, 0.5) is 10.5 Å². The first-order valence-corrected chi connectivity index (χ1v) is 9.00. The quantitative estimate of drug-likeness (QED) is 0.620. The van der Waals surface area contributed by atoms with E-state index in [4.69, 9.17) is 10.7 Å². The number of rotatable bonds is 3. The van der Waals surface area contributed by atoms with Gasteiger partial charge in [-0.2, -0.15) is 0 Å². The monoisotopic (exact) mass is 363 g/mol. The van der Waals surface area contributed by atoms with E-state index in [1.807, 2.05) is 48.7 Å². The number of hydrogen-bond acceptors (Lipinski definition) is 5. The molecule has 130 valence electrons. The van der Waals surface area contributed by atoms with E-state index < -0.39 is 0 Å². The van der Waals surface area contributed by atoms with Gasteiger partial charge in [0.25, 0.3) is 0 Å². The van der Waals surface area contributed by atoms with E-state index in [0.29, 0.717) is 0 Å². The molecule has 2 amide bonds. The molecular weight excluding hydrogens is 346 g/mol. The highest BCUT2D eigenvalue weighted by atomic mass is 32.1. The second-order valence-electron chi connectivity index (χ2n) is 6.02. The minimum absolute atomic E-state index is 0.226. The summed E-state index contributed by atoms with van der Waals surface area (Å²) in [5, 5.41) is 8.68. The van der Waals surface area contributed by atoms with Gasteiger partial charge >= 0.3 is 6.03 Å². The molecule has 2 aromatic heterocycles. The number of amides is 2. The Morgan fingerprint density at radius 2 is 2.00 bits per heavy atom. The van der Waals surface area contributed by atoms with Gasteiger partial charge in [-0.3, -0.25) is 4.98 Å². The van der Waals surface area contributed by atoms with Crippen molar-refractivity contribution >= 4 is 28.6 Å². The summed E-state index contributed by atoms with van der Waals surface area (Å²) in [5.74, 6) is 0. The number of allylic oxidation sites excluding steroid dienone is 1. The minimum Gasteiger partial charge on any atom is -0.399 e. The summed E-state index contributed by atoms with van der Waals surface area (Å²) in [4.78, 5) is 21.0. The van der Waals surface area contributed by atoms with Gasteiger partial charge < -0.3 is 16.4 Å². The zero-order chi connectivity index (χ0) is 18.1. The molecule has 0 saturated heterocycles. The van der Waals surface area contributed by atoms with Crippen molar-refractivity contribution in [1.82, 2.24) is 20.6 Å². The van der Waals surface area contributed by atoms with E-state index in [1.54, 1.807) is 23.7 Å². The van der Waals surface area contributed by atoms with Crippen LogP contribution in [0.3, 0.4) is 0 Å². The Morgan fingerprint density at radius 1 is 1.19 bits per heavy atom. The fourth-order valence-corrected chi connectivity index (χ4v) is 3.92. The van der Waals surface area contributed by atoms with Crippen molar-refractivity contribution < 1.29 is 4.79 Å². The molecule has 6 nitrogen and oxygen atoms in total. The lowest BCUT2D eigenvalue weighted by atomic mass is 9.97. The fourth-order valence-electron chi connectivity index (χ4n) is 2.96. The number of nitrogen functional groups attached to an aromatic ring is 1. The molecule has 3 heterocycles. The molecule has 0 radical (unpaired) electrons. The third-order valence-corrected chi connectivity index (χ3v) is 5.10. The Labute approximate surface area is 154 Å². The SMILES string of the molecule is CC1=C(c2nc(-c3ccc(N)cc3)cs2)C(c2cccnc2)NC(=O)N1. The van der Waals surface area contributed by atoms with Crippen LogP contribution in [0.5, 0.6) is 0 Å². The second kappa shape index (κ2) is 6.61. The average molecular weight is 363 g/mol. The average Bonchev–Trinajstić information content (AvgIpc) is 3.12. The third kappa shape index (κ3) is 3.04. The fraction of sp³-hybridized carbons (Fsp3) is 0.105. The summed E-state index contributed by atoms with van der Waals surface area (Å²) in [6.45, 7) is 1.89. The van der Waals surface area contributed by atoms with Crippen LogP contribution < -0.4 is 16.4 Å². The maximum atomic E-state index is 12.0. The van der Waals surface area contributed by atoms with Crippen LogP contribution >= 0.6 is 11.3 Å². The molecule has 1 unspecified atom stereocenters. The molecule has 0 aliphatic carbocycles. The zero-order valence-electron chi connectivity index (χ0n) is 14.1. The smallest absolute Gasteiger partial charge is 0.319 e. The largest absolute Gasteiger partial charge is 0.399 e. The van der Waals surface area contributed by atoms with E-state index >= 15 is 0 Å². The van der Waals surface area contributed by atoms with Crippen molar-refractivity contribution in [3.05, 3.63) is 70.4 Å². The number of carbonyl (C=O) groups excluding carboxylic acids is 1. The van der Waals surface area contributed by atoms with Crippen LogP contribution in [-0.2, 0) is 0 Å². The van der Waals surface area contributed by atoms with Gasteiger partial charge in [0.2, 0.25) is 0 Å². The molecule has 3 aromatic rings. The molecule has 0 spiro atoms. The van der Waals surface area contributed by atoms with Crippen LogP contribution in [0.1, 0.15) is 23.5 Å². The molecule has 1 aromatic carbocycles. The molecule has 1 aliphatic heterocycles. The topological polar surface area (TPSA) is 92.9 Å². The van der Waals surface area contributed by atoms with Gasteiger partial charge in [-0.05, 0) is 30.7 Å². The van der Waals surface area contributed by atoms with Crippen molar-refractivity contribution in [2.45, 2.75) is 13.0 Å². The number of anilines is 1. The third-order valence-electron chi connectivity index (χ3n) is 4.23. The Balaban J connectivity index is 1.76. The van der Waals surface area contributed by atoms with Gasteiger partial charge in [0.1, 0.15) is 5.01 Å². The molecule has 4 N–H and O–H groups in total. The first-order chi connectivity index (χ1) is 12.6. The summed E-state index contributed by atoms with van der Waals surface area (Å²) in [7, 11) is 0. The molecule has 1 aliphatic rings. The van der Waals surface area contributed by atoms with Crippen LogP contribution in [0.25, 0.3) is 16.8 Å². The molecule has 1 atom stereocenters. The molecule has 0 saturated carbocycles. The molecular formula is C19H17N5OS. The van der Waals surface area contributed by atoms with Gasteiger partial charge in [-0.1, -0.05) is 18.2 Å². The molecule has 26 heavy (non-hydrogen) atoms. The van der Waals surface area contributed by atoms with Crippen LogP contribution in [0, 0.1) is 0 Å². The van der Waals surface area contributed by atoms with Crippen molar-refractivity contribution in [3.8, 4) is 11.3 Å². The number of pyridine rings is 1. The van der Waals surface area contributed by atoms with Gasteiger partial charge in [-0.25, -0.2) is 9.78 Å². The Hall–Kier alpha value is -3.19. The number of urea groups is 1. The Bertz CT molecular complexity index is 979.